The van der Waals surface area contributed by atoms with Crippen LogP contribution in [0.4, 0.5) is 0 Å². The highest BCUT2D eigenvalue weighted by Gasteiger charge is 2.15. The van der Waals surface area contributed by atoms with Crippen LogP contribution in [0.5, 0.6) is 0 Å². The molecule has 0 spiro atoms. The number of amidine groups is 1. The highest BCUT2D eigenvalue weighted by molar-refractivity contribution is 5.89. The number of aliphatic imine (C=N–C) groups is 1. The number of esters is 1. The van der Waals surface area contributed by atoms with Gasteiger partial charge in [0.15, 0.2) is 6.04 Å². The maximum Gasteiger partial charge on any atom is 0.372 e. The van der Waals surface area contributed by atoms with E-state index in [1.54, 1.807) is 6.92 Å². The average Bonchev–Trinajstić information content (AvgIpc) is 2.46. The second-order valence-electron chi connectivity index (χ2n) is 5.56. The van der Waals surface area contributed by atoms with Gasteiger partial charge in [-0.25, -0.2) is 9.79 Å². The van der Waals surface area contributed by atoms with Crippen LogP contribution in [0.25, 0.3) is 0 Å². The number of carbonyl (C=O) groups excluding carboxylic acids is 1. The minimum absolute atomic E-state index is 0.330. The van der Waals surface area contributed by atoms with Crippen LogP contribution < -0.4 is 11.1 Å². The lowest BCUT2D eigenvalue weighted by atomic mass is 10.2. The van der Waals surface area contributed by atoms with Crippen molar-refractivity contribution >= 4 is 12.0 Å². The molecule has 5 nitrogen and oxygen atoms in total. The Morgan fingerprint density at radius 3 is 2.29 bits per heavy atom. The minimum Gasteiger partial charge on any atom is -0.388 e. The van der Waals surface area contributed by atoms with Crippen molar-refractivity contribution in [3.05, 3.63) is 0 Å². The Bertz CT molecular complexity index is 291. The summed E-state index contributed by atoms with van der Waals surface area (Å²) in [6.07, 6.45) is 9.35. The van der Waals surface area contributed by atoms with Gasteiger partial charge in [-0.1, -0.05) is 52.4 Å². The molecule has 5 heteroatoms. The first-order chi connectivity index (χ1) is 10.1. The number of rotatable bonds is 11. The Labute approximate surface area is 129 Å². The fourth-order valence-electron chi connectivity index (χ4n) is 1.79. The van der Waals surface area contributed by atoms with E-state index in [1.807, 2.05) is 0 Å². The Hall–Kier alpha value is -1.10. The summed E-state index contributed by atoms with van der Waals surface area (Å²) in [6, 6.07) is -0.0133. The maximum atomic E-state index is 11.6. The van der Waals surface area contributed by atoms with Crippen LogP contribution in [0, 0.1) is 0 Å². The van der Waals surface area contributed by atoms with Gasteiger partial charge in [0.1, 0.15) is 0 Å². The number of hydrogen-bond donors (Lipinski definition) is 2. The van der Waals surface area contributed by atoms with E-state index in [0.717, 1.165) is 19.4 Å². The summed E-state index contributed by atoms with van der Waals surface area (Å²) in [7, 11) is 0. The number of nitrogens with zero attached hydrogens (tertiary/aromatic N) is 1. The van der Waals surface area contributed by atoms with Crippen molar-refractivity contribution in [2.24, 2.45) is 4.99 Å². The Kier molecular flexibility index (Phi) is 13.1. The first kappa shape index (κ1) is 19.9. The second kappa shape index (κ2) is 13.9. The monoisotopic (exact) mass is 300 g/mol. The molecule has 21 heavy (non-hydrogen) atoms. The van der Waals surface area contributed by atoms with Gasteiger partial charge in [-0.05, 0) is 19.8 Å². The van der Waals surface area contributed by atoms with Crippen molar-refractivity contribution in [1.29, 1.82) is 0 Å². The molecule has 0 saturated heterocycles. The van der Waals surface area contributed by atoms with Crippen LogP contribution in [0.15, 0.2) is 4.99 Å². The predicted molar refractivity (Wildman–Crippen MR) is 87.0 cm³/mol. The second-order valence-corrected chi connectivity index (χ2v) is 5.56. The molecule has 0 aromatic heterocycles. The molecule has 124 valence electrons. The first-order valence-electron chi connectivity index (χ1n) is 8.44. The lowest BCUT2D eigenvalue weighted by molar-refractivity contribution is -0.401. The molecule has 0 amide bonds. The lowest BCUT2D eigenvalue weighted by Gasteiger charge is -2.10. The van der Waals surface area contributed by atoms with Gasteiger partial charge in [-0.15, -0.1) is 0 Å². The van der Waals surface area contributed by atoms with Crippen molar-refractivity contribution in [3.63, 3.8) is 0 Å². The molecule has 0 aromatic rings. The topological polar surface area (TPSA) is 78.3 Å². The third-order valence-corrected chi connectivity index (χ3v) is 3.17. The molecule has 1 atom stereocenters. The fraction of sp³-hybridized carbons (Fsp3) is 0.875. The molecule has 0 aliphatic heterocycles. The van der Waals surface area contributed by atoms with Gasteiger partial charge in [-0.2, -0.15) is 0 Å². The molecule has 1 unspecified atom stereocenters. The van der Waals surface area contributed by atoms with E-state index in [9.17, 15) is 4.79 Å². The van der Waals surface area contributed by atoms with Crippen LogP contribution in [-0.4, -0.2) is 31.1 Å². The van der Waals surface area contributed by atoms with Gasteiger partial charge in [-0.3, -0.25) is 0 Å². The molecule has 0 radical (unpaired) electrons. The molecule has 0 aliphatic rings. The van der Waals surface area contributed by atoms with Crippen LogP contribution in [0.3, 0.4) is 0 Å². The highest BCUT2D eigenvalue weighted by atomic mass is 16.6. The summed E-state index contributed by atoms with van der Waals surface area (Å²) in [5.74, 6) is -0.330. The summed E-state index contributed by atoms with van der Waals surface area (Å²) in [6.45, 7) is 7.60. The third kappa shape index (κ3) is 12.4. The number of ether oxygens (including phenoxy) is 1. The van der Waals surface area contributed by atoms with Crippen molar-refractivity contribution in [2.75, 3.05) is 13.1 Å². The Morgan fingerprint density at radius 2 is 1.71 bits per heavy atom. The standard InChI is InChI=1S/C16H33N3O2/c1-4-6-8-10-12-18-16(21-15(20)14(3)17)19-13-11-9-7-5-2/h14H,4-13,17H2,1-3H3,(H,18,19)/p+1. The van der Waals surface area contributed by atoms with E-state index >= 15 is 0 Å². The predicted octanol–water partition coefficient (Wildman–Crippen LogP) is 2.27. The largest absolute Gasteiger partial charge is 0.388 e. The zero-order valence-electron chi connectivity index (χ0n) is 14.1. The van der Waals surface area contributed by atoms with Gasteiger partial charge in [0.05, 0.1) is 0 Å². The summed E-state index contributed by atoms with van der Waals surface area (Å²) in [4.78, 5) is 16.0. The minimum atomic E-state index is -0.378. The van der Waals surface area contributed by atoms with Gasteiger partial charge < -0.3 is 15.8 Å². The quantitative estimate of drug-likeness (QED) is 0.266. The number of carbonyl (C=O) groups is 1. The van der Waals surface area contributed by atoms with E-state index in [1.165, 1.54) is 38.5 Å². The van der Waals surface area contributed by atoms with Gasteiger partial charge in [0.2, 0.25) is 0 Å². The molecule has 0 rings (SSSR count). The molecule has 0 heterocycles. The Balaban J connectivity index is 4.13. The number of hydrogen-bond acceptors (Lipinski definition) is 3. The van der Waals surface area contributed by atoms with Crippen molar-refractivity contribution < 1.29 is 15.3 Å². The van der Waals surface area contributed by atoms with Crippen molar-refractivity contribution in [1.82, 2.24) is 5.32 Å². The fourth-order valence-corrected chi connectivity index (χ4v) is 1.79. The SMILES string of the molecule is CCCCCCN=C(NCCCCCC)OC(=O)C(C)[NH3+]. The molecule has 0 saturated carbocycles. The summed E-state index contributed by atoms with van der Waals surface area (Å²) in [5.41, 5.74) is 3.68. The van der Waals surface area contributed by atoms with E-state index in [-0.39, 0.29) is 12.0 Å². The molecule has 0 fully saturated rings. The van der Waals surface area contributed by atoms with E-state index < -0.39 is 0 Å². The number of quaternary nitrogens is 1. The zero-order chi connectivity index (χ0) is 15.9. The average molecular weight is 300 g/mol. The normalized spacial score (nSPS) is 13.0. The molecule has 0 bridgehead atoms. The highest BCUT2D eigenvalue weighted by Crippen LogP contribution is 2.00. The van der Waals surface area contributed by atoms with Crippen molar-refractivity contribution in [3.8, 4) is 0 Å². The lowest BCUT2D eigenvalue weighted by Crippen LogP contribution is -2.64. The zero-order valence-corrected chi connectivity index (χ0v) is 14.1. The van der Waals surface area contributed by atoms with Crippen molar-refractivity contribution in [2.45, 2.75) is 78.2 Å². The van der Waals surface area contributed by atoms with Gasteiger partial charge in [0, 0.05) is 13.1 Å². The summed E-state index contributed by atoms with van der Waals surface area (Å²) >= 11 is 0. The van der Waals surface area contributed by atoms with Crippen LogP contribution in [0.1, 0.15) is 72.1 Å². The number of unbranched alkanes of at least 4 members (excludes halogenated alkanes) is 6. The van der Waals surface area contributed by atoms with Gasteiger partial charge >= 0.3 is 5.97 Å². The Morgan fingerprint density at radius 1 is 1.10 bits per heavy atom. The van der Waals surface area contributed by atoms with E-state index in [4.69, 9.17) is 4.74 Å². The van der Waals surface area contributed by atoms with E-state index in [0.29, 0.717) is 12.6 Å². The van der Waals surface area contributed by atoms with E-state index in [2.05, 4.69) is 29.9 Å². The maximum absolute atomic E-state index is 11.6. The van der Waals surface area contributed by atoms with Gasteiger partial charge in [0.25, 0.3) is 6.02 Å². The molecule has 0 aliphatic carbocycles. The number of nitrogens with one attached hydrogen (secondary N) is 1. The third-order valence-electron chi connectivity index (χ3n) is 3.17. The summed E-state index contributed by atoms with van der Waals surface area (Å²) in [5, 5.41) is 3.13. The molecular formula is C16H34N3O2+. The smallest absolute Gasteiger partial charge is 0.372 e. The molecule has 4 N–H and O–H groups in total. The van der Waals surface area contributed by atoms with Crippen LogP contribution in [0.2, 0.25) is 0 Å². The first-order valence-corrected chi connectivity index (χ1v) is 8.44. The molecular weight excluding hydrogens is 266 g/mol. The van der Waals surface area contributed by atoms with Crippen LogP contribution >= 0.6 is 0 Å². The summed E-state index contributed by atoms with van der Waals surface area (Å²) < 4.78 is 5.26. The van der Waals surface area contributed by atoms with Crippen LogP contribution in [-0.2, 0) is 9.53 Å². The molecule has 0 aromatic carbocycles.